The second-order valence-corrected chi connectivity index (χ2v) is 6.13. The van der Waals surface area contributed by atoms with Gasteiger partial charge in [-0.3, -0.25) is 0 Å². The Hall–Kier alpha value is -0.670. The van der Waals surface area contributed by atoms with Gasteiger partial charge in [0.15, 0.2) is 0 Å². The number of thioether (sulfide) groups is 1. The van der Waals surface area contributed by atoms with E-state index in [-0.39, 0.29) is 5.54 Å². The molecule has 1 aliphatic heterocycles. The molecule has 0 bridgehead atoms. The van der Waals surface area contributed by atoms with Crippen LogP contribution in [0.25, 0.3) is 0 Å². The molecular formula is C14H21NOS. The van der Waals surface area contributed by atoms with Gasteiger partial charge in [-0.15, -0.1) is 0 Å². The lowest BCUT2D eigenvalue weighted by atomic mass is 9.86. The smallest absolute Gasteiger partial charge is 0.122 e. The quantitative estimate of drug-likeness (QED) is 0.817. The standard InChI is InChI=1S/C14H21NOS/c1-2-17-9-5-8-14(15)10-12-6-3-4-7-13(12)16-11-14/h3-4,6-7H,2,5,8-11,15H2,1H3. The second kappa shape index (κ2) is 5.78. The molecule has 0 saturated heterocycles. The Bertz CT molecular complexity index is 369. The Morgan fingerprint density at radius 3 is 3.06 bits per heavy atom. The number of hydrogen-bond donors (Lipinski definition) is 1. The highest BCUT2D eigenvalue weighted by molar-refractivity contribution is 7.99. The summed E-state index contributed by atoms with van der Waals surface area (Å²) in [5.41, 5.74) is 7.51. The fourth-order valence-electron chi connectivity index (χ4n) is 2.27. The van der Waals surface area contributed by atoms with Gasteiger partial charge >= 0.3 is 0 Å². The zero-order valence-corrected chi connectivity index (χ0v) is 11.3. The molecule has 0 radical (unpaired) electrons. The van der Waals surface area contributed by atoms with Crippen molar-refractivity contribution in [3.8, 4) is 5.75 Å². The third-order valence-corrected chi connectivity index (χ3v) is 4.18. The minimum atomic E-state index is -0.164. The van der Waals surface area contributed by atoms with Gasteiger partial charge in [0.25, 0.3) is 0 Å². The number of para-hydroxylation sites is 1. The molecule has 3 heteroatoms. The monoisotopic (exact) mass is 251 g/mol. The van der Waals surface area contributed by atoms with E-state index in [1.54, 1.807) is 0 Å². The van der Waals surface area contributed by atoms with E-state index in [1.807, 2.05) is 23.9 Å². The van der Waals surface area contributed by atoms with Crippen molar-refractivity contribution in [2.75, 3.05) is 18.1 Å². The zero-order chi connectivity index (χ0) is 12.1. The van der Waals surface area contributed by atoms with Crippen LogP contribution in [0.3, 0.4) is 0 Å². The summed E-state index contributed by atoms with van der Waals surface area (Å²) in [5.74, 6) is 3.41. The molecule has 0 saturated carbocycles. The summed E-state index contributed by atoms with van der Waals surface area (Å²) >= 11 is 1.98. The number of hydrogen-bond acceptors (Lipinski definition) is 3. The zero-order valence-electron chi connectivity index (χ0n) is 10.4. The van der Waals surface area contributed by atoms with Crippen molar-refractivity contribution in [2.45, 2.75) is 31.7 Å². The first kappa shape index (κ1) is 12.8. The summed E-state index contributed by atoms with van der Waals surface area (Å²) in [6, 6.07) is 8.22. The first-order valence-electron chi connectivity index (χ1n) is 6.31. The lowest BCUT2D eigenvalue weighted by Gasteiger charge is -2.34. The van der Waals surface area contributed by atoms with Crippen molar-refractivity contribution in [3.05, 3.63) is 29.8 Å². The van der Waals surface area contributed by atoms with Crippen LogP contribution in [0.1, 0.15) is 25.3 Å². The summed E-state index contributed by atoms with van der Waals surface area (Å²) in [6.07, 6.45) is 3.18. The summed E-state index contributed by atoms with van der Waals surface area (Å²) in [5, 5.41) is 0. The Labute approximate surface area is 108 Å². The Morgan fingerprint density at radius 1 is 1.41 bits per heavy atom. The van der Waals surface area contributed by atoms with Crippen LogP contribution in [-0.4, -0.2) is 23.7 Å². The average Bonchev–Trinajstić information content (AvgIpc) is 2.35. The minimum Gasteiger partial charge on any atom is -0.491 e. The minimum absolute atomic E-state index is 0.164. The van der Waals surface area contributed by atoms with E-state index in [4.69, 9.17) is 10.5 Å². The van der Waals surface area contributed by atoms with Gasteiger partial charge in [-0.25, -0.2) is 0 Å². The lowest BCUT2D eigenvalue weighted by Crippen LogP contribution is -2.50. The average molecular weight is 251 g/mol. The summed E-state index contributed by atoms with van der Waals surface area (Å²) in [7, 11) is 0. The predicted octanol–water partition coefficient (Wildman–Crippen LogP) is 2.85. The van der Waals surface area contributed by atoms with Crippen molar-refractivity contribution >= 4 is 11.8 Å². The van der Waals surface area contributed by atoms with Gasteiger partial charge in [0.1, 0.15) is 12.4 Å². The van der Waals surface area contributed by atoms with Crippen molar-refractivity contribution in [2.24, 2.45) is 5.73 Å². The van der Waals surface area contributed by atoms with Crippen LogP contribution >= 0.6 is 11.8 Å². The van der Waals surface area contributed by atoms with Crippen molar-refractivity contribution in [3.63, 3.8) is 0 Å². The number of nitrogens with two attached hydrogens (primary N) is 1. The predicted molar refractivity (Wildman–Crippen MR) is 74.8 cm³/mol. The maximum atomic E-state index is 6.42. The van der Waals surface area contributed by atoms with Gasteiger partial charge in [0, 0.05) is 0 Å². The molecule has 0 amide bonds. The van der Waals surface area contributed by atoms with Crippen LogP contribution in [-0.2, 0) is 6.42 Å². The largest absolute Gasteiger partial charge is 0.491 e. The van der Waals surface area contributed by atoms with Gasteiger partial charge in [0.2, 0.25) is 0 Å². The van der Waals surface area contributed by atoms with E-state index in [0.29, 0.717) is 6.61 Å². The van der Waals surface area contributed by atoms with E-state index >= 15 is 0 Å². The molecule has 2 nitrogen and oxygen atoms in total. The second-order valence-electron chi connectivity index (χ2n) is 4.74. The molecule has 1 aromatic rings. The van der Waals surface area contributed by atoms with Crippen LogP contribution < -0.4 is 10.5 Å². The molecule has 1 aliphatic rings. The van der Waals surface area contributed by atoms with Crippen LogP contribution in [0.15, 0.2) is 24.3 Å². The molecule has 17 heavy (non-hydrogen) atoms. The van der Waals surface area contributed by atoms with E-state index < -0.39 is 0 Å². The van der Waals surface area contributed by atoms with Crippen molar-refractivity contribution < 1.29 is 4.74 Å². The van der Waals surface area contributed by atoms with E-state index in [2.05, 4.69) is 19.1 Å². The van der Waals surface area contributed by atoms with E-state index in [9.17, 15) is 0 Å². The van der Waals surface area contributed by atoms with E-state index in [0.717, 1.165) is 18.6 Å². The Morgan fingerprint density at radius 2 is 2.24 bits per heavy atom. The molecule has 1 unspecified atom stereocenters. The van der Waals surface area contributed by atoms with Gasteiger partial charge < -0.3 is 10.5 Å². The molecule has 94 valence electrons. The lowest BCUT2D eigenvalue weighted by molar-refractivity contribution is 0.181. The van der Waals surface area contributed by atoms with Gasteiger partial charge in [-0.2, -0.15) is 11.8 Å². The molecule has 1 aromatic carbocycles. The molecule has 2 rings (SSSR count). The number of fused-ring (bicyclic) bond motifs is 1. The molecule has 0 aromatic heterocycles. The van der Waals surface area contributed by atoms with Gasteiger partial charge in [-0.1, -0.05) is 25.1 Å². The topological polar surface area (TPSA) is 35.2 Å². The molecule has 1 heterocycles. The number of benzene rings is 1. The first-order chi connectivity index (χ1) is 8.23. The van der Waals surface area contributed by atoms with Crippen LogP contribution in [0.5, 0.6) is 5.75 Å². The van der Waals surface area contributed by atoms with Crippen LogP contribution in [0.4, 0.5) is 0 Å². The molecule has 0 fully saturated rings. The fraction of sp³-hybridized carbons (Fsp3) is 0.571. The fourth-order valence-corrected chi connectivity index (χ4v) is 2.91. The van der Waals surface area contributed by atoms with E-state index in [1.165, 1.54) is 23.5 Å². The third kappa shape index (κ3) is 3.39. The third-order valence-electron chi connectivity index (χ3n) is 3.20. The van der Waals surface area contributed by atoms with Crippen LogP contribution in [0.2, 0.25) is 0 Å². The maximum Gasteiger partial charge on any atom is 0.122 e. The number of ether oxygens (including phenoxy) is 1. The van der Waals surface area contributed by atoms with Gasteiger partial charge in [-0.05, 0) is 42.4 Å². The van der Waals surface area contributed by atoms with Crippen molar-refractivity contribution in [1.29, 1.82) is 0 Å². The van der Waals surface area contributed by atoms with Crippen molar-refractivity contribution in [1.82, 2.24) is 0 Å². The number of rotatable bonds is 5. The normalized spacial score (nSPS) is 22.9. The maximum absolute atomic E-state index is 6.42. The summed E-state index contributed by atoms with van der Waals surface area (Å²) in [6.45, 7) is 2.85. The molecule has 0 aliphatic carbocycles. The summed E-state index contributed by atoms with van der Waals surface area (Å²) < 4.78 is 5.76. The Kier molecular flexibility index (Phi) is 4.35. The highest BCUT2D eigenvalue weighted by Crippen LogP contribution is 2.30. The highest BCUT2D eigenvalue weighted by atomic mass is 32.2. The molecule has 0 spiro atoms. The van der Waals surface area contributed by atoms with Crippen LogP contribution in [0, 0.1) is 0 Å². The molecule has 2 N–H and O–H groups in total. The molecular weight excluding hydrogens is 230 g/mol. The Balaban J connectivity index is 1.91. The first-order valence-corrected chi connectivity index (χ1v) is 7.46. The van der Waals surface area contributed by atoms with Gasteiger partial charge in [0.05, 0.1) is 5.54 Å². The SMILES string of the molecule is CCSCCCC1(N)COc2ccccc2C1. The molecule has 1 atom stereocenters. The highest BCUT2D eigenvalue weighted by Gasteiger charge is 2.31. The summed E-state index contributed by atoms with van der Waals surface area (Å²) in [4.78, 5) is 0.